The van der Waals surface area contributed by atoms with Crippen molar-refractivity contribution in [2.45, 2.75) is 64.9 Å². The van der Waals surface area contributed by atoms with Crippen molar-refractivity contribution >= 4 is 31.2 Å². The van der Waals surface area contributed by atoms with Crippen LogP contribution in [0.3, 0.4) is 0 Å². The molecule has 0 aliphatic carbocycles. The number of rotatable bonds is 10. The summed E-state index contributed by atoms with van der Waals surface area (Å²) in [6, 6.07) is 27.9. The molecule has 2 fully saturated rings. The van der Waals surface area contributed by atoms with E-state index in [9.17, 15) is 4.39 Å². The average molecular weight is 705 g/mol. The number of aromatic nitrogens is 3. The van der Waals surface area contributed by atoms with Crippen LogP contribution in [0.25, 0.3) is 5.65 Å². The van der Waals surface area contributed by atoms with E-state index in [0.717, 1.165) is 71.5 Å². The van der Waals surface area contributed by atoms with Gasteiger partial charge in [-0.2, -0.15) is 0 Å². The third-order valence-corrected chi connectivity index (χ3v) is 15.2. The number of hydrogen-bond donors (Lipinski definition) is 0. The lowest BCUT2D eigenvalue weighted by Crippen LogP contribution is -2.57. The Morgan fingerprint density at radius 2 is 1.59 bits per heavy atom. The van der Waals surface area contributed by atoms with Crippen molar-refractivity contribution in [3.63, 3.8) is 0 Å². The van der Waals surface area contributed by atoms with Crippen LogP contribution < -0.4 is 4.90 Å². The quantitative estimate of drug-likeness (QED) is 0.109. The van der Waals surface area contributed by atoms with Crippen molar-refractivity contribution in [2.75, 3.05) is 44.3 Å². The average Bonchev–Trinajstić information content (AvgIpc) is 3.45. The number of benzene rings is 3. The number of likely N-dealkylation sites (tertiary alicyclic amines) is 1. The first-order valence-corrected chi connectivity index (χ1v) is 21.0. The largest absolute Gasteiger partial charge is 0.411 e. The van der Waals surface area contributed by atoms with E-state index in [-0.39, 0.29) is 17.0 Å². The monoisotopic (exact) mass is 704 g/mol. The van der Waals surface area contributed by atoms with E-state index in [1.165, 1.54) is 6.07 Å². The van der Waals surface area contributed by atoms with E-state index in [0.29, 0.717) is 37.4 Å². The second kappa shape index (κ2) is 14.4. The maximum absolute atomic E-state index is 14.9. The lowest BCUT2D eigenvalue weighted by atomic mass is 10.0. The fourth-order valence-corrected chi connectivity index (χ4v) is 7.91. The maximum Gasteiger partial charge on any atom is 0.192 e. The number of imidazole rings is 1. The van der Waals surface area contributed by atoms with E-state index in [4.69, 9.17) is 24.2 Å². The lowest BCUT2D eigenvalue weighted by Gasteiger charge is -2.46. The van der Waals surface area contributed by atoms with Gasteiger partial charge in [0, 0.05) is 56.3 Å². The van der Waals surface area contributed by atoms with Gasteiger partial charge in [-0.15, -0.1) is 5.10 Å². The minimum Gasteiger partial charge on any atom is -0.411 e. The van der Waals surface area contributed by atoms with Crippen molar-refractivity contribution in [3.8, 4) is 0 Å². The number of ether oxygens (including phenoxy) is 1. The maximum atomic E-state index is 14.9. The second-order valence-electron chi connectivity index (χ2n) is 15.3. The zero-order chi connectivity index (χ0) is 35.8. The van der Waals surface area contributed by atoms with Gasteiger partial charge in [0.2, 0.25) is 0 Å². The molecular weight excluding hydrogens is 656 g/mol. The summed E-state index contributed by atoms with van der Waals surface area (Å²) in [7, 11) is -1.88. The minimum absolute atomic E-state index is 0.157. The van der Waals surface area contributed by atoms with E-state index >= 15 is 0 Å². The van der Waals surface area contributed by atoms with Crippen molar-refractivity contribution in [2.24, 2.45) is 4.99 Å². The zero-order valence-corrected chi connectivity index (χ0v) is 31.7. The van der Waals surface area contributed by atoms with Crippen molar-refractivity contribution in [3.05, 3.63) is 124 Å². The van der Waals surface area contributed by atoms with Gasteiger partial charge < -0.3 is 14.1 Å². The Bertz CT molecular complexity index is 1970. The highest BCUT2D eigenvalue weighted by Gasteiger charge is 2.42. The third kappa shape index (κ3) is 7.55. The predicted octanol–water partition coefficient (Wildman–Crippen LogP) is 7.98. The number of aliphatic imine (C=N–C) groups is 1. The standard InChI is InChI=1S/C41H49FN6O2Si/c1-29-32(18-13-19-34(29)42)24-37-36(28-46-26-33(27-46)50-51(5,6)41(2,3)4)44-40-35(25-38(45-48(37)40)47-20-22-49-23-21-47)43-39(30-14-9-7-10-15-30)31-16-11-8-12-17-31/h7-19,25,33H,20-24,26-28H2,1-6H3. The van der Waals surface area contributed by atoms with Gasteiger partial charge in [-0.05, 0) is 42.2 Å². The first-order chi connectivity index (χ1) is 24.5. The minimum atomic E-state index is -1.88. The Hall–Kier alpha value is -4.22. The number of morpholine rings is 1. The van der Waals surface area contributed by atoms with Crippen LogP contribution in [0.5, 0.6) is 0 Å². The Kier molecular flexibility index (Phi) is 9.95. The highest BCUT2D eigenvalue weighted by atomic mass is 28.4. The number of hydrogen-bond acceptors (Lipinski definition) is 7. The number of fused-ring (bicyclic) bond motifs is 1. The molecule has 0 unspecified atom stereocenters. The van der Waals surface area contributed by atoms with Crippen LogP contribution in [-0.4, -0.2) is 79.0 Å². The topological polar surface area (TPSA) is 67.5 Å². The van der Waals surface area contributed by atoms with Gasteiger partial charge in [0.05, 0.1) is 36.4 Å². The molecule has 0 bridgehead atoms. The SMILES string of the molecule is Cc1c(F)cccc1Cc1c(CN2CC(O[Si](C)(C)C(C)(C)C)C2)nc2c(N=C(c3ccccc3)c3ccccc3)cc(N3CCOCC3)nn12. The first-order valence-electron chi connectivity index (χ1n) is 18.0. The molecule has 0 amide bonds. The number of halogens is 1. The molecule has 51 heavy (non-hydrogen) atoms. The van der Waals surface area contributed by atoms with E-state index < -0.39 is 8.32 Å². The summed E-state index contributed by atoms with van der Waals surface area (Å²) in [5.41, 5.74) is 7.74. The van der Waals surface area contributed by atoms with E-state index in [1.807, 2.05) is 53.9 Å². The molecule has 0 atom stereocenters. The van der Waals surface area contributed by atoms with E-state index in [2.05, 4.69) is 74.0 Å². The van der Waals surface area contributed by atoms with Crippen LogP contribution in [0.4, 0.5) is 15.9 Å². The molecule has 10 heteroatoms. The van der Waals surface area contributed by atoms with E-state index in [1.54, 1.807) is 6.07 Å². The van der Waals surface area contributed by atoms with Crippen LogP contribution in [0.2, 0.25) is 18.1 Å². The summed E-state index contributed by atoms with van der Waals surface area (Å²) >= 11 is 0. The molecule has 2 saturated heterocycles. The van der Waals surface area contributed by atoms with Gasteiger partial charge in [-0.1, -0.05) is 93.6 Å². The molecule has 8 nitrogen and oxygen atoms in total. The van der Waals surface area contributed by atoms with Gasteiger partial charge in [-0.25, -0.2) is 18.9 Å². The molecule has 5 aromatic rings. The highest BCUT2D eigenvalue weighted by molar-refractivity contribution is 6.74. The molecule has 2 aliphatic rings. The number of anilines is 1. The van der Waals surface area contributed by atoms with Crippen LogP contribution in [0, 0.1) is 12.7 Å². The summed E-state index contributed by atoms with van der Waals surface area (Å²) in [4.78, 5) is 15.4. The second-order valence-corrected chi connectivity index (χ2v) is 20.1. The van der Waals surface area contributed by atoms with Gasteiger partial charge in [0.25, 0.3) is 0 Å². The third-order valence-electron chi connectivity index (χ3n) is 10.7. The van der Waals surface area contributed by atoms with Crippen LogP contribution in [0.1, 0.15) is 54.4 Å². The van der Waals surface area contributed by atoms with Gasteiger partial charge in [0.1, 0.15) is 11.5 Å². The molecule has 7 rings (SSSR count). The fourth-order valence-electron chi connectivity index (χ4n) is 6.58. The summed E-state index contributed by atoms with van der Waals surface area (Å²) in [6.45, 7) is 18.4. The van der Waals surface area contributed by atoms with Gasteiger partial charge >= 0.3 is 0 Å². The molecule has 0 N–H and O–H groups in total. The molecule has 3 aromatic carbocycles. The van der Waals surface area contributed by atoms with Crippen LogP contribution >= 0.6 is 0 Å². The predicted molar refractivity (Wildman–Crippen MR) is 205 cm³/mol. The summed E-state index contributed by atoms with van der Waals surface area (Å²) in [5.74, 6) is 0.608. The van der Waals surface area contributed by atoms with Crippen LogP contribution in [0.15, 0.2) is 89.9 Å². The number of nitrogens with zero attached hydrogens (tertiary/aromatic N) is 6. The summed E-state index contributed by atoms with van der Waals surface area (Å²) in [5, 5.41) is 5.40. The summed E-state index contributed by atoms with van der Waals surface area (Å²) < 4.78 is 29.3. The molecule has 4 heterocycles. The van der Waals surface area contributed by atoms with Crippen molar-refractivity contribution in [1.82, 2.24) is 19.5 Å². The summed E-state index contributed by atoms with van der Waals surface area (Å²) in [6.07, 6.45) is 0.701. The lowest BCUT2D eigenvalue weighted by molar-refractivity contribution is 0.00486. The fraction of sp³-hybridized carbons (Fsp3) is 0.390. The molecule has 0 saturated carbocycles. The highest BCUT2D eigenvalue weighted by Crippen LogP contribution is 2.39. The normalized spacial score (nSPS) is 16.0. The molecule has 2 aliphatic heterocycles. The Morgan fingerprint density at radius 3 is 2.22 bits per heavy atom. The molecule has 0 spiro atoms. The Morgan fingerprint density at radius 1 is 0.941 bits per heavy atom. The smallest absolute Gasteiger partial charge is 0.192 e. The van der Waals surface area contributed by atoms with Crippen molar-refractivity contribution < 1.29 is 13.6 Å². The molecule has 2 aromatic heterocycles. The van der Waals surface area contributed by atoms with Gasteiger partial charge in [0.15, 0.2) is 19.8 Å². The zero-order valence-electron chi connectivity index (χ0n) is 30.7. The van der Waals surface area contributed by atoms with Crippen LogP contribution in [-0.2, 0) is 22.1 Å². The van der Waals surface area contributed by atoms with Gasteiger partial charge in [-0.3, -0.25) is 4.90 Å². The molecule has 266 valence electrons. The first kappa shape index (κ1) is 35.2. The Balaban J connectivity index is 1.35. The Labute approximate surface area is 302 Å². The van der Waals surface area contributed by atoms with Crippen molar-refractivity contribution in [1.29, 1.82) is 0 Å². The molecule has 0 radical (unpaired) electrons. The molecular formula is C41H49FN6O2Si.